The van der Waals surface area contributed by atoms with E-state index in [2.05, 4.69) is 45.6 Å². The van der Waals surface area contributed by atoms with Gasteiger partial charge in [0.15, 0.2) is 0 Å². The molecular weight excluding hydrogens is 180 g/mol. The third kappa shape index (κ3) is 4.51. The highest BCUT2D eigenvalue weighted by Gasteiger charge is 2.10. The monoisotopic (exact) mass is 204 g/mol. The van der Waals surface area contributed by atoms with Crippen LogP contribution in [-0.2, 0) is 0 Å². The van der Waals surface area contributed by atoms with Gasteiger partial charge in [-0.25, -0.2) is 0 Å². The molecule has 0 aliphatic heterocycles. The molecule has 0 saturated heterocycles. The molecule has 0 spiro atoms. The van der Waals surface area contributed by atoms with Crippen molar-refractivity contribution in [3.8, 4) is 0 Å². The molecule has 0 heterocycles. The number of hydrogen-bond acceptors (Lipinski definition) is 0. The van der Waals surface area contributed by atoms with E-state index in [1.165, 1.54) is 18.4 Å². The largest absolute Gasteiger partial charge is 0.0958 e. The van der Waals surface area contributed by atoms with Gasteiger partial charge >= 0.3 is 0 Å². The summed E-state index contributed by atoms with van der Waals surface area (Å²) in [4.78, 5) is 0. The van der Waals surface area contributed by atoms with Gasteiger partial charge in [-0.05, 0) is 44.4 Å². The molecule has 0 nitrogen and oxygen atoms in total. The molecule has 1 aliphatic carbocycles. The zero-order valence-corrected chi connectivity index (χ0v) is 10.4. The summed E-state index contributed by atoms with van der Waals surface area (Å²) in [6, 6.07) is 0. The zero-order chi connectivity index (χ0) is 11.3. The van der Waals surface area contributed by atoms with Crippen LogP contribution in [0.2, 0.25) is 0 Å². The van der Waals surface area contributed by atoms with Crippen LogP contribution in [0.25, 0.3) is 0 Å². The van der Waals surface area contributed by atoms with Crippen molar-refractivity contribution in [1.29, 1.82) is 0 Å². The predicted octanol–water partition coefficient (Wildman–Crippen LogP) is 4.89. The van der Waals surface area contributed by atoms with Gasteiger partial charge in [0, 0.05) is 0 Å². The van der Waals surface area contributed by atoms with E-state index >= 15 is 0 Å². The van der Waals surface area contributed by atoms with Gasteiger partial charge in [0.05, 0.1) is 0 Å². The maximum absolute atomic E-state index is 4.09. The van der Waals surface area contributed by atoms with E-state index in [4.69, 9.17) is 0 Å². The van der Waals surface area contributed by atoms with Crippen LogP contribution in [0.4, 0.5) is 0 Å². The predicted molar refractivity (Wildman–Crippen MR) is 68.8 cm³/mol. The van der Waals surface area contributed by atoms with E-state index in [0.717, 1.165) is 18.8 Å². The second kappa shape index (κ2) is 5.95. The molecule has 0 aromatic carbocycles. The van der Waals surface area contributed by atoms with Gasteiger partial charge in [-0.15, -0.1) is 0 Å². The first kappa shape index (κ1) is 12.3. The van der Waals surface area contributed by atoms with E-state index < -0.39 is 0 Å². The Hall–Kier alpha value is -0.780. The molecule has 1 atom stereocenters. The van der Waals surface area contributed by atoms with Crippen molar-refractivity contribution in [2.45, 2.75) is 46.5 Å². The fourth-order valence-corrected chi connectivity index (χ4v) is 2.00. The van der Waals surface area contributed by atoms with Gasteiger partial charge in [0.25, 0.3) is 0 Å². The van der Waals surface area contributed by atoms with Crippen molar-refractivity contribution in [2.75, 3.05) is 0 Å². The first-order valence-corrected chi connectivity index (χ1v) is 6.11. The minimum Gasteiger partial charge on any atom is -0.0958 e. The minimum atomic E-state index is 0.711. The Kier molecular flexibility index (Phi) is 4.87. The Balaban J connectivity index is 2.70. The summed E-state index contributed by atoms with van der Waals surface area (Å²) in [6.45, 7) is 11.0. The number of rotatable bonds is 1. The van der Waals surface area contributed by atoms with E-state index in [9.17, 15) is 0 Å². The molecule has 0 fully saturated rings. The van der Waals surface area contributed by atoms with Crippen LogP contribution < -0.4 is 0 Å². The maximum atomic E-state index is 4.09. The van der Waals surface area contributed by atoms with Crippen molar-refractivity contribution in [3.63, 3.8) is 0 Å². The fourth-order valence-electron chi connectivity index (χ4n) is 2.00. The van der Waals surface area contributed by atoms with Gasteiger partial charge in [0.1, 0.15) is 0 Å². The second-order valence-electron chi connectivity index (χ2n) is 5.05. The van der Waals surface area contributed by atoms with Crippen LogP contribution in [0.3, 0.4) is 0 Å². The van der Waals surface area contributed by atoms with Crippen LogP contribution >= 0.6 is 0 Å². The molecule has 0 aromatic heterocycles. The Bertz CT molecular complexity index is 266. The van der Waals surface area contributed by atoms with E-state index in [1.807, 2.05) is 0 Å². The summed E-state index contributed by atoms with van der Waals surface area (Å²) in [6.07, 6.45) is 11.8. The summed E-state index contributed by atoms with van der Waals surface area (Å²) < 4.78 is 0. The molecule has 0 saturated carbocycles. The van der Waals surface area contributed by atoms with Crippen molar-refractivity contribution in [2.24, 2.45) is 11.8 Å². The SMILES string of the molecule is C=C1/C=C/[C@@H](C(C)C)CC/C(C)=C/CC1. The maximum Gasteiger partial charge on any atom is -0.0204 e. The highest BCUT2D eigenvalue weighted by atomic mass is 14.2. The molecule has 0 heteroatoms. The average Bonchev–Trinajstić information content (AvgIpc) is 2.16. The van der Waals surface area contributed by atoms with Crippen LogP contribution in [0, 0.1) is 11.8 Å². The second-order valence-corrected chi connectivity index (χ2v) is 5.05. The molecular formula is C15H24. The van der Waals surface area contributed by atoms with Crippen molar-refractivity contribution in [1.82, 2.24) is 0 Å². The molecule has 1 aliphatic rings. The van der Waals surface area contributed by atoms with Crippen LogP contribution in [-0.4, -0.2) is 0 Å². The topological polar surface area (TPSA) is 0 Å². The third-order valence-corrected chi connectivity index (χ3v) is 3.27. The Morgan fingerprint density at radius 3 is 2.73 bits per heavy atom. The summed E-state index contributed by atoms with van der Waals surface area (Å²) in [5.74, 6) is 1.45. The average molecular weight is 204 g/mol. The van der Waals surface area contributed by atoms with E-state index in [0.29, 0.717) is 5.92 Å². The van der Waals surface area contributed by atoms with Crippen LogP contribution in [0.1, 0.15) is 46.5 Å². The Morgan fingerprint density at radius 1 is 1.33 bits per heavy atom. The summed E-state index contributed by atoms with van der Waals surface area (Å²) in [7, 11) is 0. The summed E-state index contributed by atoms with van der Waals surface area (Å²) >= 11 is 0. The van der Waals surface area contributed by atoms with Crippen LogP contribution in [0.5, 0.6) is 0 Å². The third-order valence-electron chi connectivity index (χ3n) is 3.27. The lowest BCUT2D eigenvalue weighted by Crippen LogP contribution is -2.06. The Labute approximate surface area is 94.8 Å². The van der Waals surface area contributed by atoms with Gasteiger partial charge in [-0.1, -0.05) is 49.8 Å². The molecule has 0 unspecified atom stereocenters. The molecule has 0 radical (unpaired) electrons. The molecule has 15 heavy (non-hydrogen) atoms. The summed E-state index contributed by atoms with van der Waals surface area (Å²) in [5, 5.41) is 0. The van der Waals surface area contributed by atoms with Gasteiger partial charge in [-0.3, -0.25) is 0 Å². The van der Waals surface area contributed by atoms with E-state index in [-0.39, 0.29) is 0 Å². The van der Waals surface area contributed by atoms with Crippen molar-refractivity contribution in [3.05, 3.63) is 36.0 Å². The van der Waals surface area contributed by atoms with Gasteiger partial charge < -0.3 is 0 Å². The van der Waals surface area contributed by atoms with E-state index in [1.54, 1.807) is 5.57 Å². The molecule has 0 bridgehead atoms. The Morgan fingerprint density at radius 2 is 2.07 bits per heavy atom. The molecule has 84 valence electrons. The first-order valence-electron chi connectivity index (χ1n) is 6.11. The molecule has 0 N–H and O–H groups in total. The number of hydrogen-bond donors (Lipinski definition) is 0. The quantitative estimate of drug-likeness (QED) is 0.533. The van der Waals surface area contributed by atoms with Crippen molar-refractivity contribution < 1.29 is 0 Å². The standard InChI is InChI=1S/C15H24/c1-12(2)15-10-8-13(3)6-5-7-14(4)9-11-15/h7-8,10,12,15H,3,5-6,9,11H2,1-2,4H3/b10-8+,14-7+/t15-/m1/s1. The zero-order valence-electron chi connectivity index (χ0n) is 10.4. The molecule has 1 rings (SSSR count). The first-order chi connectivity index (χ1) is 7.09. The van der Waals surface area contributed by atoms with Gasteiger partial charge in [-0.2, -0.15) is 0 Å². The smallest absolute Gasteiger partial charge is 0.0204 e. The summed E-state index contributed by atoms with van der Waals surface area (Å²) in [5.41, 5.74) is 2.82. The highest BCUT2D eigenvalue weighted by Crippen LogP contribution is 2.24. The van der Waals surface area contributed by atoms with Crippen LogP contribution in [0.15, 0.2) is 36.0 Å². The lowest BCUT2D eigenvalue weighted by molar-refractivity contribution is 0.435. The fraction of sp³-hybridized carbons (Fsp3) is 0.600. The number of allylic oxidation sites excluding steroid dienone is 5. The normalized spacial score (nSPS) is 29.7. The minimum absolute atomic E-state index is 0.711. The highest BCUT2D eigenvalue weighted by molar-refractivity contribution is 5.17. The molecule has 0 amide bonds. The lowest BCUT2D eigenvalue weighted by atomic mass is 9.88. The lowest BCUT2D eigenvalue weighted by Gasteiger charge is -2.18. The van der Waals surface area contributed by atoms with Gasteiger partial charge in [0.2, 0.25) is 0 Å². The molecule has 0 aromatic rings. The van der Waals surface area contributed by atoms with Crippen molar-refractivity contribution >= 4 is 0 Å².